The van der Waals surface area contributed by atoms with Crippen LogP contribution in [0, 0.1) is 13.8 Å². The number of sulfonamides is 1. The predicted octanol–water partition coefficient (Wildman–Crippen LogP) is 0.645. The van der Waals surface area contributed by atoms with Gasteiger partial charge in [0.2, 0.25) is 10.9 Å². The summed E-state index contributed by atoms with van der Waals surface area (Å²) in [7, 11) is -3.90. The van der Waals surface area contributed by atoms with E-state index >= 15 is 0 Å². The molecule has 0 spiro atoms. The maximum atomic E-state index is 12.4. The van der Waals surface area contributed by atoms with Crippen LogP contribution in [0.5, 0.6) is 0 Å². The fourth-order valence-electron chi connectivity index (χ4n) is 2.52. The molecule has 3 N–H and O–H groups in total. The molecule has 3 rings (SSSR count). The number of aliphatic carboxylic acids is 1. The summed E-state index contributed by atoms with van der Waals surface area (Å²) in [6, 6.07) is 1.55. The molecule has 1 aliphatic heterocycles. The van der Waals surface area contributed by atoms with Crippen molar-refractivity contribution in [3.05, 3.63) is 23.4 Å². The minimum absolute atomic E-state index is 0.169. The zero-order valence-electron chi connectivity index (χ0n) is 13.1. The molecule has 2 aromatic heterocycles. The number of hydrogen-bond donors (Lipinski definition) is 3. The number of aryl methyl sites for hydroxylation is 1. The fraction of sp³-hybridized carbons (Fsp3) is 0.429. The van der Waals surface area contributed by atoms with Crippen LogP contribution in [0.2, 0.25) is 0 Å². The molecule has 1 aliphatic rings. The third-order valence-electron chi connectivity index (χ3n) is 3.98. The molecule has 24 heavy (non-hydrogen) atoms. The Morgan fingerprint density at radius 1 is 1.42 bits per heavy atom. The molecular formula is C14H17N3O6S. The van der Waals surface area contributed by atoms with E-state index in [1.54, 1.807) is 13.8 Å². The van der Waals surface area contributed by atoms with Crippen molar-refractivity contribution in [1.29, 1.82) is 0 Å². The molecule has 3 heterocycles. The van der Waals surface area contributed by atoms with Gasteiger partial charge in [0.1, 0.15) is 6.04 Å². The van der Waals surface area contributed by atoms with Gasteiger partial charge in [0.15, 0.2) is 5.76 Å². The summed E-state index contributed by atoms with van der Waals surface area (Å²) in [5.41, 5.74) is 1.46. The second-order valence-corrected chi connectivity index (χ2v) is 7.34. The van der Waals surface area contributed by atoms with Crippen molar-refractivity contribution >= 4 is 16.0 Å². The van der Waals surface area contributed by atoms with Crippen molar-refractivity contribution in [3.8, 4) is 11.5 Å². The normalized spacial score (nSPS) is 21.2. The van der Waals surface area contributed by atoms with E-state index in [0.29, 0.717) is 11.5 Å². The maximum Gasteiger partial charge on any atom is 0.320 e. The molecule has 10 heteroatoms. The van der Waals surface area contributed by atoms with E-state index in [4.69, 9.17) is 14.0 Å². The quantitative estimate of drug-likeness (QED) is 0.711. The number of furan rings is 1. The Hall–Kier alpha value is -2.17. The Morgan fingerprint density at radius 3 is 2.75 bits per heavy atom. The van der Waals surface area contributed by atoms with Crippen molar-refractivity contribution in [3.63, 3.8) is 0 Å². The molecule has 0 unspecified atom stereocenters. The van der Waals surface area contributed by atoms with Gasteiger partial charge < -0.3 is 19.4 Å². The van der Waals surface area contributed by atoms with Gasteiger partial charge in [0.25, 0.3) is 10.0 Å². The lowest BCUT2D eigenvalue weighted by Crippen LogP contribution is -2.35. The van der Waals surface area contributed by atoms with E-state index in [2.05, 4.69) is 15.2 Å². The van der Waals surface area contributed by atoms with E-state index in [1.165, 1.54) is 12.1 Å². The second kappa shape index (κ2) is 6.04. The van der Waals surface area contributed by atoms with Crippen molar-refractivity contribution < 1.29 is 27.3 Å². The van der Waals surface area contributed by atoms with Crippen LogP contribution in [0.4, 0.5) is 0 Å². The minimum Gasteiger partial charge on any atom is -0.480 e. The Balaban J connectivity index is 1.77. The van der Waals surface area contributed by atoms with Gasteiger partial charge in [-0.3, -0.25) is 4.79 Å². The van der Waals surface area contributed by atoms with Gasteiger partial charge >= 0.3 is 5.97 Å². The van der Waals surface area contributed by atoms with E-state index in [-0.39, 0.29) is 23.8 Å². The highest BCUT2D eigenvalue weighted by atomic mass is 32.2. The first kappa shape index (κ1) is 16.7. The van der Waals surface area contributed by atoms with Crippen LogP contribution in [0.15, 0.2) is 26.2 Å². The number of nitrogens with one attached hydrogen (secondary N) is 2. The van der Waals surface area contributed by atoms with Crippen LogP contribution in [0.3, 0.4) is 0 Å². The monoisotopic (exact) mass is 355 g/mol. The van der Waals surface area contributed by atoms with Crippen LogP contribution < -0.4 is 10.0 Å². The second-order valence-electron chi connectivity index (χ2n) is 5.69. The largest absolute Gasteiger partial charge is 0.480 e. The molecule has 0 aromatic carbocycles. The molecule has 0 aliphatic carbocycles. The van der Waals surface area contributed by atoms with Crippen LogP contribution in [0.25, 0.3) is 11.5 Å². The zero-order chi connectivity index (χ0) is 17.5. The van der Waals surface area contributed by atoms with Gasteiger partial charge in [-0.2, -0.15) is 0 Å². The highest BCUT2D eigenvalue weighted by Gasteiger charge is 2.33. The van der Waals surface area contributed by atoms with Crippen LogP contribution in [0.1, 0.15) is 17.7 Å². The van der Waals surface area contributed by atoms with E-state index in [1.807, 2.05) is 0 Å². The van der Waals surface area contributed by atoms with E-state index < -0.39 is 28.1 Å². The Bertz CT molecular complexity index is 869. The maximum absolute atomic E-state index is 12.4. The van der Waals surface area contributed by atoms with E-state index in [0.717, 1.165) is 5.56 Å². The van der Waals surface area contributed by atoms with Crippen molar-refractivity contribution in [2.24, 2.45) is 0 Å². The van der Waals surface area contributed by atoms with Crippen molar-refractivity contribution in [1.82, 2.24) is 15.2 Å². The zero-order valence-corrected chi connectivity index (χ0v) is 13.9. The van der Waals surface area contributed by atoms with E-state index in [9.17, 15) is 13.2 Å². The highest BCUT2D eigenvalue weighted by molar-refractivity contribution is 7.89. The summed E-state index contributed by atoms with van der Waals surface area (Å²) in [5.74, 6) is -0.364. The molecule has 0 saturated carbocycles. The fourth-order valence-corrected chi connectivity index (χ4v) is 3.70. The van der Waals surface area contributed by atoms with Gasteiger partial charge in [0, 0.05) is 18.2 Å². The lowest BCUT2D eigenvalue weighted by Gasteiger charge is -2.10. The third-order valence-corrected chi connectivity index (χ3v) is 5.37. The molecule has 0 bridgehead atoms. The Labute approximate surface area is 138 Å². The summed E-state index contributed by atoms with van der Waals surface area (Å²) in [4.78, 5) is 10.9. The molecule has 1 saturated heterocycles. The predicted molar refractivity (Wildman–Crippen MR) is 81.8 cm³/mol. The molecule has 0 amide bonds. The number of carboxylic acids is 1. The Morgan fingerprint density at radius 2 is 2.17 bits per heavy atom. The van der Waals surface area contributed by atoms with Gasteiger partial charge in [0.05, 0.1) is 5.69 Å². The summed E-state index contributed by atoms with van der Waals surface area (Å²) in [6.07, 6.45) is 0.169. The SMILES string of the molecule is Cc1noc(-c2ccc(S(=O)(=O)N[C@@H]3CN[C@H](C(=O)O)C3)o2)c1C. The van der Waals surface area contributed by atoms with Crippen LogP contribution in [-0.2, 0) is 14.8 Å². The Kier molecular flexibility index (Phi) is 4.20. The molecule has 1 fully saturated rings. The average Bonchev–Trinajstić information content (AvgIpc) is 3.21. The minimum atomic E-state index is -3.90. The summed E-state index contributed by atoms with van der Waals surface area (Å²) >= 11 is 0. The molecule has 0 radical (unpaired) electrons. The van der Waals surface area contributed by atoms with Crippen molar-refractivity contribution in [2.75, 3.05) is 6.54 Å². The molecule has 130 valence electrons. The first-order chi connectivity index (χ1) is 11.3. The number of carboxylic acid groups (broad SMARTS) is 1. The van der Waals surface area contributed by atoms with Crippen molar-refractivity contribution in [2.45, 2.75) is 37.4 Å². The molecule has 2 atom stereocenters. The first-order valence-corrected chi connectivity index (χ1v) is 8.78. The molecule has 2 aromatic rings. The summed E-state index contributed by atoms with van der Waals surface area (Å²) in [6.45, 7) is 3.81. The lowest BCUT2D eigenvalue weighted by molar-refractivity contribution is -0.139. The number of carbonyl (C=O) groups is 1. The number of hydrogen-bond acceptors (Lipinski definition) is 7. The van der Waals surface area contributed by atoms with Gasteiger partial charge in [-0.1, -0.05) is 5.16 Å². The third kappa shape index (κ3) is 3.07. The number of nitrogens with zero attached hydrogens (tertiary/aromatic N) is 1. The average molecular weight is 355 g/mol. The van der Waals surface area contributed by atoms with Crippen LogP contribution in [-0.4, -0.2) is 43.3 Å². The number of aromatic nitrogens is 1. The smallest absolute Gasteiger partial charge is 0.320 e. The molecule has 9 nitrogen and oxygen atoms in total. The summed E-state index contributed by atoms with van der Waals surface area (Å²) in [5, 5.41) is 15.2. The molecular weight excluding hydrogens is 338 g/mol. The topological polar surface area (TPSA) is 135 Å². The van der Waals surface area contributed by atoms with Gasteiger partial charge in [-0.15, -0.1) is 0 Å². The van der Waals surface area contributed by atoms with Gasteiger partial charge in [-0.05, 0) is 32.4 Å². The highest BCUT2D eigenvalue weighted by Crippen LogP contribution is 2.28. The first-order valence-electron chi connectivity index (χ1n) is 7.29. The van der Waals surface area contributed by atoms with Gasteiger partial charge in [-0.25, -0.2) is 13.1 Å². The lowest BCUT2D eigenvalue weighted by atomic mass is 10.2. The number of rotatable bonds is 5. The summed E-state index contributed by atoms with van der Waals surface area (Å²) < 4.78 is 37.7. The standard InChI is InChI=1S/C14H17N3O6S/c1-7-8(2)16-23-13(7)11-3-4-12(22-11)24(20,21)17-9-5-10(14(18)19)15-6-9/h3-4,9-10,15,17H,5-6H2,1-2H3,(H,18,19)/t9-,10-/m0/s1. The van der Waals surface area contributed by atoms with Crippen LogP contribution >= 0.6 is 0 Å².